The predicted octanol–water partition coefficient (Wildman–Crippen LogP) is 3.71. The van der Waals surface area contributed by atoms with E-state index in [1.165, 1.54) is 0 Å². The molecule has 134 valence electrons. The summed E-state index contributed by atoms with van der Waals surface area (Å²) in [5, 5.41) is 0. The number of piperidine rings is 1. The van der Waals surface area contributed by atoms with Crippen LogP contribution in [-0.4, -0.2) is 34.8 Å². The molecule has 1 aliphatic heterocycles. The van der Waals surface area contributed by atoms with Gasteiger partial charge in [-0.05, 0) is 23.8 Å². The van der Waals surface area contributed by atoms with E-state index in [4.69, 9.17) is 4.74 Å². The first-order valence-corrected chi connectivity index (χ1v) is 8.58. The van der Waals surface area contributed by atoms with E-state index >= 15 is 0 Å². The standard InChI is InChI=1S/C21H22N2O3/c1-21(2)15-23(20(25)26-14-16-8-4-3-5-9-16)13-17(19(21)24)12-18-10-6-7-11-22-18/h3-12H,13-15H2,1-2H3/b17-12-. The summed E-state index contributed by atoms with van der Waals surface area (Å²) in [6, 6.07) is 15.1. The number of ether oxygens (including phenoxy) is 1. The van der Waals surface area contributed by atoms with Gasteiger partial charge in [-0.25, -0.2) is 4.79 Å². The summed E-state index contributed by atoms with van der Waals surface area (Å²) in [6.07, 6.45) is 3.01. The number of pyridine rings is 1. The Morgan fingerprint density at radius 1 is 1.19 bits per heavy atom. The Morgan fingerprint density at radius 2 is 1.92 bits per heavy atom. The van der Waals surface area contributed by atoms with Gasteiger partial charge in [0, 0.05) is 23.7 Å². The van der Waals surface area contributed by atoms with Crippen LogP contribution in [0.1, 0.15) is 25.1 Å². The average Bonchev–Trinajstić information content (AvgIpc) is 2.65. The molecule has 26 heavy (non-hydrogen) atoms. The Kier molecular flexibility index (Phi) is 5.16. The number of Topliss-reactive ketones (excluding diaryl/α,β-unsaturated/α-hetero) is 1. The van der Waals surface area contributed by atoms with Crippen LogP contribution in [0, 0.1) is 5.41 Å². The zero-order valence-corrected chi connectivity index (χ0v) is 15.0. The highest BCUT2D eigenvalue weighted by atomic mass is 16.6. The Balaban J connectivity index is 1.74. The van der Waals surface area contributed by atoms with Crippen molar-refractivity contribution >= 4 is 18.0 Å². The largest absolute Gasteiger partial charge is 0.445 e. The van der Waals surface area contributed by atoms with E-state index in [1.54, 1.807) is 17.2 Å². The summed E-state index contributed by atoms with van der Waals surface area (Å²) >= 11 is 0. The molecule has 5 heteroatoms. The predicted molar refractivity (Wildman–Crippen MR) is 99.2 cm³/mol. The van der Waals surface area contributed by atoms with E-state index in [0.29, 0.717) is 17.8 Å². The Labute approximate surface area is 153 Å². The molecule has 1 aliphatic rings. The summed E-state index contributed by atoms with van der Waals surface area (Å²) in [5.74, 6) is 0.0373. The highest BCUT2D eigenvalue weighted by molar-refractivity contribution is 6.04. The molecular weight excluding hydrogens is 328 g/mol. The lowest BCUT2D eigenvalue weighted by Crippen LogP contribution is -2.50. The number of carbonyl (C=O) groups is 2. The van der Waals surface area contributed by atoms with Gasteiger partial charge in [0.05, 0.1) is 12.2 Å². The lowest BCUT2D eigenvalue weighted by atomic mass is 9.80. The second-order valence-corrected chi connectivity index (χ2v) is 7.03. The summed E-state index contributed by atoms with van der Waals surface area (Å²) in [5.41, 5.74) is 1.53. The van der Waals surface area contributed by atoms with Gasteiger partial charge in [-0.3, -0.25) is 9.78 Å². The van der Waals surface area contributed by atoms with Crippen LogP contribution in [0.4, 0.5) is 4.79 Å². The van der Waals surface area contributed by atoms with Crippen molar-refractivity contribution in [2.75, 3.05) is 13.1 Å². The monoisotopic (exact) mass is 350 g/mol. The molecule has 1 saturated heterocycles. The fourth-order valence-electron chi connectivity index (χ4n) is 3.01. The fourth-order valence-corrected chi connectivity index (χ4v) is 3.01. The van der Waals surface area contributed by atoms with Crippen LogP contribution in [0.25, 0.3) is 6.08 Å². The minimum Gasteiger partial charge on any atom is -0.445 e. The van der Waals surface area contributed by atoms with E-state index in [1.807, 2.05) is 62.4 Å². The van der Waals surface area contributed by atoms with Gasteiger partial charge in [0.2, 0.25) is 0 Å². The van der Waals surface area contributed by atoms with Gasteiger partial charge < -0.3 is 9.64 Å². The number of likely N-dealkylation sites (tertiary alicyclic amines) is 1. The third-order valence-electron chi connectivity index (χ3n) is 4.33. The van der Waals surface area contributed by atoms with Crippen LogP contribution in [0.2, 0.25) is 0 Å². The third kappa shape index (κ3) is 4.17. The molecule has 0 N–H and O–H groups in total. The number of hydrogen-bond acceptors (Lipinski definition) is 4. The molecule has 0 aliphatic carbocycles. The molecule has 0 spiro atoms. The maximum Gasteiger partial charge on any atom is 0.410 e. The molecule has 2 aromatic rings. The van der Waals surface area contributed by atoms with Crippen molar-refractivity contribution in [3.8, 4) is 0 Å². The summed E-state index contributed by atoms with van der Waals surface area (Å²) < 4.78 is 5.43. The van der Waals surface area contributed by atoms with Crippen molar-refractivity contribution in [3.05, 3.63) is 71.6 Å². The van der Waals surface area contributed by atoms with Crippen molar-refractivity contribution < 1.29 is 14.3 Å². The van der Waals surface area contributed by atoms with Crippen LogP contribution >= 0.6 is 0 Å². The van der Waals surface area contributed by atoms with Gasteiger partial charge in [0.25, 0.3) is 0 Å². The number of aromatic nitrogens is 1. The van der Waals surface area contributed by atoms with Crippen molar-refractivity contribution in [2.45, 2.75) is 20.5 Å². The SMILES string of the molecule is CC1(C)CN(C(=O)OCc2ccccc2)C/C(=C/c2ccccn2)C1=O. The van der Waals surface area contributed by atoms with Crippen LogP contribution in [-0.2, 0) is 16.1 Å². The lowest BCUT2D eigenvalue weighted by Gasteiger charge is -2.37. The molecule has 0 radical (unpaired) electrons. The van der Waals surface area contributed by atoms with Crippen LogP contribution in [0.3, 0.4) is 0 Å². The highest BCUT2D eigenvalue weighted by Crippen LogP contribution is 2.30. The summed E-state index contributed by atoms with van der Waals surface area (Å²) in [7, 11) is 0. The number of hydrogen-bond donors (Lipinski definition) is 0. The van der Waals surface area contributed by atoms with Gasteiger partial charge in [-0.15, -0.1) is 0 Å². The summed E-state index contributed by atoms with van der Waals surface area (Å²) in [6.45, 7) is 4.46. The Hall–Kier alpha value is -2.95. The minimum atomic E-state index is -0.662. The first-order chi connectivity index (χ1) is 12.5. The Morgan fingerprint density at radius 3 is 2.62 bits per heavy atom. The van der Waals surface area contributed by atoms with Crippen molar-refractivity contribution in [3.63, 3.8) is 0 Å². The molecular formula is C21H22N2O3. The zero-order chi connectivity index (χ0) is 18.6. The van der Waals surface area contributed by atoms with E-state index < -0.39 is 11.5 Å². The maximum atomic E-state index is 12.7. The second-order valence-electron chi connectivity index (χ2n) is 7.03. The molecule has 1 amide bonds. The quantitative estimate of drug-likeness (QED) is 0.792. The van der Waals surface area contributed by atoms with Crippen LogP contribution in [0.5, 0.6) is 0 Å². The van der Waals surface area contributed by atoms with Gasteiger partial charge >= 0.3 is 6.09 Å². The fraction of sp³-hybridized carbons (Fsp3) is 0.286. The number of rotatable bonds is 3. The first-order valence-electron chi connectivity index (χ1n) is 8.58. The molecule has 2 heterocycles. The number of amides is 1. The van der Waals surface area contributed by atoms with Crippen LogP contribution < -0.4 is 0 Å². The van der Waals surface area contributed by atoms with Crippen molar-refractivity contribution in [2.24, 2.45) is 5.41 Å². The summed E-state index contributed by atoms with van der Waals surface area (Å²) in [4.78, 5) is 31.1. The molecule has 1 aromatic heterocycles. The molecule has 1 aromatic carbocycles. The minimum absolute atomic E-state index is 0.0373. The molecule has 0 atom stereocenters. The van der Waals surface area contributed by atoms with Gasteiger partial charge in [0.1, 0.15) is 6.61 Å². The topological polar surface area (TPSA) is 59.5 Å². The molecule has 0 unspecified atom stereocenters. The molecule has 0 bridgehead atoms. The lowest BCUT2D eigenvalue weighted by molar-refractivity contribution is -0.126. The van der Waals surface area contributed by atoms with E-state index in [2.05, 4.69) is 4.98 Å². The normalized spacial score (nSPS) is 18.0. The number of ketones is 1. The van der Waals surface area contributed by atoms with Crippen molar-refractivity contribution in [1.82, 2.24) is 9.88 Å². The molecule has 5 nitrogen and oxygen atoms in total. The Bertz CT molecular complexity index is 814. The number of nitrogens with zero attached hydrogens (tertiary/aromatic N) is 2. The van der Waals surface area contributed by atoms with Gasteiger partial charge in [-0.2, -0.15) is 0 Å². The van der Waals surface area contributed by atoms with Crippen LogP contribution in [0.15, 0.2) is 60.3 Å². The number of carbonyl (C=O) groups excluding carboxylic acids is 2. The molecule has 1 fully saturated rings. The third-order valence-corrected chi connectivity index (χ3v) is 4.33. The molecule has 3 rings (SSSR count). The highest BCUT2D eigenvalue weighted by Gasteiger charge is 2.39. The average molecular weight is 350 g/mol. The van der Waals surface area contributed by atoms with Crippen molar-refractivity contribution in [1.29, 1.82) is 0 Å². The van der Waals surface area contributed by atoms with E-state index in [-0.39, 0.29) is 18.9 Å². The first kappa shape index (κ1) is 17.9. The van der Waals surface area contributed by atoms with Gasteiger partial charge in [-0.1, -0.05) is 50.2 Å². The smallest absolute Gasteiger partial charge is 0.410 e. The van der Waals surface area contributed by atoms with E-state index in [0.717, 1.165) is 5.56 Å². The van der Waals surface area contributed by atoms with Gasteiger partial charge in [0.15, 0.2) is 5.78 Å². The zero-order valence-electron chi connectivity index (χ0n) is 15.0. The maximum absolute atomic E-state index is 12.7. The van der Waals surface area contributed by atoms with E-state index in [9.17, 15) is 9.59 Å². The number of benzene rings is 1. The molecule has 0 saturated carbocycles. The second kappa shape index (κ2) is 7.52.